The fourth-order valence-electron chi connectivity index (χ4n) is 3.10. The molecule has 0 fully saturated rings. The zero-order valence-electron chi connectivity index (χ0n) is 16.0. The monoisotopic (exact) mass is 391 g/mol. The maximum Gasteiger partial charge on any atom is 0.143 e. The van der Waals surface area contributed by atoms with E-state index in [0.29, 0.717) is 6.61 Å². The van der Waals surface area contributed by atoms with E-state index in [1.165, 1.54) is 0 Å². The number of hydrogen-bond acceptors (Lipinski definition) is 6. The molecule has 2 aromatic heterocycles. The molecule has 0 aliphatic rings. The number of nitrogens with zero attached hydrogens (tertiary/aromatic N) is 2. The van der Waals surface area contributed by atoms with Gasteiger partial charge in [-0.3, -0.25) is 0 Å². The number of methoxy groups -OCH3 is 1. The van der Waals surface area contributed by atoms with E-state index in [2.05, 4.69) is 27.8 Å². The summed E-state index contributed by atoms with van der Waals surface area (Å²) < 4.78 is 11.0. The van der Waals surface area contributed by atoms with Crippen molar-refractivity contribution in [2.24, 2.45) is 0 Å². The van der Waals surface area contributed by atoms with E-state index in [0.717, 1.165) is 50.2 Å². The first-order valence-corrected chi connectivity index (χ1v) is 9.96. The lowest BCUT2D eigenvalue weighted by molar-refractivity contribution is 0.342. The highest BCUT2D eigenvalue weighted by atomic mass is 32.1. The van der Waals surface area contributed by atoms with Crippen molar-refractivity contribution >= 4 is 33.1 Å². The number of fused-ring (bicyclic) bond motifs is 1. The molecule has 0 atom stereocenters. The van der Waals surface area contributed by atoms with E-state index < -0.39 is 0 Å². The largest absolute Gasteiger partial charge is 0.497 e. The Hall–Kier alpha value is -3.12. The fraction of sp³-hybridized carbons (Fsp3) is 0.182. The first-order chi connectivity index (χ1) is 13.7. The van der Waals surface area contributed by atoms with Crippen LogP contribution >= 0.6 is 11.3 Å². The molecule has 0 radical (unpaired) electrons. The molecule has 0 saturated heterocycles. The van der Waals surface area contributed by atoms with Crippen LogP contribution in [0.5, 0.6) is 11.5 Å². The number of thiophene rings is 1. The minimum atomic E-state index is 0.604. The Morgan fingerprint density at radius 2 is 1.82 bits per heavy atom. The summed E-state index contributed by atoms with van der Waals surface area (Å²) in [6.07, 6.45) is 0. The zero-order valence-corrected chi connectivity index (χ0v) is 16.8. The molecule has 0 spiro atoms. The van der Waals surface area contributed by atoms with Gasteiger partial charge in [0.2, 0.25) is 0 Å². The van der Waals surface area contributed by atoms with Gasteiger partial charge in [-0.2, -0.15) is 0 Å². The quantitative estimate of drug-likeness (QED) is 0.449. The number of aromatic nitrogens is 2. The van der Waals surface area contributed by atoms with Crippen molar-refractivity contribution in [2.45, 2.75) is 13.8 Å². The van der Waals surface area contributed by atoms with Gasteiger partial charge in [-0.25, -0.2) is 9.97 Å². The van der Waals surface area contributed by atoms with Crippen LogP contribution in [0, 0.1) is 6.92 Å². The van der Waals surface area contributed by atoms with Crippen LogP contribution in [-0.2, 0) is 0 Å². The van der Waals surface area contributed by atoms with Crippen LogP contribution in [0.2, 0.25) is 0 Å². The first-order valence-electron chi connectivity index (χ1n) is 9.08. The Labute approximate surface area is 168 Å². The number of nitrogens with one attached hydrogen (secondary N) is 1. The molecule has 142 valence electrons. The lowest BCUT2D eigenvalue weighted by Crippen LogP contribution is -2.01. The number of ether oxygens (including phenoxy) is 2. The van der Waals surface area contributed by atoms with Gasteiger partial charge in [-0.05, 0) is 43.7 Å². The van der Waals surface area contributed by atoms with E-state index in [1.54, 1.807) is 18.4 Å². The number of anilines is 2. The summed E-state index contributed by atoms with van der Waals surface area (Å²) in [4.78, 5) is 10.3. The lowest BCUT2D eigenvalue weighted by Gasteiger charge is -2.13. The highest BCUT2D eigenvalue weighted by Crippen LogP contribution is 2.39. The molecular weight excluding hydrogens is 370 g/mol. The molecule has 2 aromatic carbocycles. The molecule has 0 unspecified atom stereocenters. The average molecular weight is 391 g/mol. The molecule has 4 rings (SSSR count). The molecule has 4 aromatic rings. The Morgan fingerprint density at radius 3 is 2.57 bits per heavy atom. The van der Waals surface area contributed by atoms with Crippen molar-refractivity contribution < 1.29 is 9.47 Å². The molecule has 5 nitrogen and oxygen atoms in total. The van der Waals surface area contributed by atoms with Gasteiger partial charge in [0.25, 0.3) is 0 Å². The second-order valence-corrected chi connectivity index (χ2v) is 7.09. The average Bonchev–Trinajstić information content (AvgIpc) is 3.13. The predicted octanol–water partition coefficient (Wildman–Crippen LogP) is 5.82. The summed E-state index contributed by atoms with van der Waals surface area (Å²) in [7, 11) is 1.67. The van der Waals surface area contributed by atoms with Gasteiger partial charge < -0.3 is 14.8 Å². The van der Waals surface area contributed by atoms with Gasteiger partial charge in [0, 0.05) is 10.9 Å². The topological polar surface area (TPSA) is 56.3 Å². The van der Waals surface area contributed by atoms with Crippen LogP contribution in [0.1, 0.15) is 12.7 Å². The first kappa shape index (κ1) is 18.3. The minimum absolute atomic E-state index is 0.604. The predicted molar refractivity (Wildman–Crippen MR) is 115 cm³/mol. The highest BCUT2D eigenvalue weighted by Gasteiger charge is 2.16. The van der Waals surface area contributed by atoms with Crippen LogP contribution in [0.15, 0.2) is 53.9 Å². The third-order valence-electron chi connectivity index (χ3n) is 4.39. The normalized spacial score (nSPS) is 10.8. The van der Waals surface area contributed by atoms with Gasteiger partial charge in [0.1, 0.15) is 28.0 Å². The summed E-state index contributed by atoms with van der Waals surface area (Å²) in [5.41, 5.74) is 3.08. The van der Waals surface area contributed by atoms with Gasteiger partial charge in [0.05, 0.1) is 24.8 Å². The van der Waals surface area contributed by atoms with Crippen molar-refractivity contribution in [1.82, 2.24) is 9.97 Å². The fourth-order valence-corrected chi connectivity index (χ4v) is 4.09. The van der Waals surface area contributed by atoms with Gasteiger partial charge >= 0.3 is 0 Å². The number of hydrogen-bond donors (Lipinski definition) is 1. The van der Waals surface area contributed by atoms with Gasteiger partial charge in [0.15, 0.2) is 0 Å². The van der Waals surface area contributed by atoms with E-state index in [9.17, 15) is 0 Å². The molecule has 28 heavy (non-hydrogen) atoms. The second kappa shape index (κ2) is 7.86. The summed E-state index contributed by atoms with van der Waals surface area (Å²) in [5, 5.41) is 6.60. The van der Waals surface area contributed by atoms with Crippen molar-refractivity contribution in [3.05, 3.63) is 59.7 Å². The molecule has 0 aliphatic carbocycles. The van der Waals surface area contributed by atoms with Crippen LogP contribution in [0.4, 0.5) is 11.5 Å². The summed E-state index contributed by atoms with van der Waals surface area (Å²) in [6, 6.07) is 15.9. The Morgan fingerprint density at radius 1 is 1.04 bits per heavy atom. The molecule has 6 heteroatoms. The molecule has 1 N–H and O–H groups in total. The van der Waals surface area contributed by atoms with E-state index in [-0.39, 0.29) is 0 Å². The third kappa shape index (κ3) is 3.51. The summed E-state index contributed by atoms with van der Waals surface area (Å²) in [5.74, 6) is 3.14. The molecular formula is C22H21N3O2S. The number of aryl methyl sites for hydroxylation is 1. The Bertz CT molecular complexity index is 1110. The molecule has 0 aliphatic heterocycles. The SMILES string of the molecule is CCOc1ccccc1Nc1nc(C)nc2scc(-c3ccc(OC)cc3)c12. The zero-order chi connectivity index (χ0) is 19.5. The highest BCUT2D eigenvalue weighted by molar-refractivity contribution is 7.17. The molecule has 0 saturated carbocycles. The standard InChI is InChI=1S/C22H21N3O2S/c1-4-27-19-8-6-5-7-18(19)25-21-20-17(13-28-22(20)24-14(2)23-21)15-9-11-16(26-3)12-10-15/h5-13H,4H2,1-3H3,(H,23,24,25). The van der Waals surface area contributed by atoms with Gasteiger partial charge in [-0.15, -0.1) is 11.3 Å². The minimum Gasteiger partial charge on any atom is -0.497 e. The van der Waals surface area contributed by atoms with Crippen molar-refractivity contribution in [2.75, 3.05) is 19.0 Å². The number of para-hydroxylation sites is 2. The summed E-state index contributed by atoms with van der Waals surface area (Å²) >= 11 is 1.62. The van der Waals surface area contributed by atoms with Crippen molar-refractivity contribution in [1.29, 1.82) is 0 Å². The van der Waals surface area contributed by atoms with Crippen molar-refractivity contribution in [3.63, 3.8) is 0 Å². The molecule has 0 amide bonds. The molecule has 0 bridgehead atoms. The molecule has 2 heterocycles. The van der Waals surface area contributed by atoms with Crippen LogP contribution in [0.3, 0.4) is 0 Å². The third-order valence-corrected chi connectivity index (χ3v) is 5.26. The van der Waals surface area contributed by atoms with Crippen LogP contribution in [0.25, 0.3) is 21.3 Å². The number of rotatable bonds is 6. The van der Waals surface area contributed by atoms with Crippen LogP contribution < -0.4 is 14.8 Å². The smallest absolute Gasteiger partial charge is 0.143 e. The van der Waals surface area contributed by atoms with E-state index >= 15 is 0 Å². The number of benzene rings is 2. The van der Waals surface area contributed by atoms with Gasteiger partial charge in [-0.1, -0.05) is 24.3 Å². The Kier molecular flexibility index (Phi) is 5.12. The maximum atomic E-state index is 5.76. The van der Waals surface area contributed by atoms with E-state index in [4.69, 9.17) is 14.5 Å². The Balaban J connectivity index is 1.83. The summed E-state index contributed by atoms with van der Waals surface area (Å²) in [6.45, 7) is 4.49. The second-order valence-electron chi connectivity index (χ2n) is 6.23. The maximum absolute atomic E-state index is 5.76. The van der Waals surface area contributed by atoms with Crippen molar-refractivity contribution in [3.8, 4) is 22.6 Å². The van der Waals surface area contributed by atoms with E-state index in [1.807, 2.05) is 50.2 Å². The lowest BCUT2D eigenvalue weighted by atomic mass is 10.1. The van der Waals surface area contributed by atoms with Crippen LogP contribution in [-0.4, -0.2) is 23.7 Å².